The van der Waals surface area contributed by atoms with Gasteiger partial charge in [-0.1, -0.05) is 0 Å². The van der Waals surface area contributed by atoms with Gasteiger partial charge >= 0.3 is 0 Å². The van der Waals surface area contributed by atoms with Crippen LogP contribution in [0.3, 0.4) is 0 Å². The van der Waals surface area contributed by atoms with Gasteiger partial charge in [-0.3, -0.25) is 14.1 Å². The topological polar surface area (TPSA) is 58.9 Å². The third kappa shape index (κ3) is 4.10. The number of nitrogens with zero attached hydrogens (tertiary/aromatic N) is 3. The molecule has 0 aromatic carbocycles. The molecule has 3 atom stereocenters. The lowest BCUT2D eigenvalue weighted by atomic mass is 10.1. The summed E-state index contributed by atoms with van der Waals surface area (Å²) in [4.78, 5) is 19.9. The number of nitrogens with one attached hydrogen (secondary N) is 1. The van der Waals surface area contributed by atoms with Crippen LogP contribution in [0.25, 0.3) is 4.96 Å². The molecule has 1 amide bonds. The SMILES string of the molecule is C[C@@H]1CN([C@H](C)CNC(=O)Cc2cn3ccsc3n2)C[C@@H](C)O1. The average molecular weight is 336 g/mol. The maximum absolute atomic E-state index is 12.1. The number of carbonyl (C=O) groups is 1. The van der Waals surface area contributed by atoms with Crippen LogP contribution >= 0.6 is 11.3 Å². The summed E-state index contributed by atoms with van der Waals surface area (Å²) in [5.41, 5.74) is 0.815. The first kappa shape index (κ1) is 16.4. The van der Waals surface area contributed by atoms with Crippen LogP contribution in [0.5, 0.6) is 0 Å². The molecule has 0 aliphatic carbocycles. The molecule has 126 valence electrons. The molecule has 0 radical (unpaired) electrons. The molecular weight excluding hydrogens is 312 g/mol. The molecule has 1 aliphatic heterocycles. The number of aromatic nitrogens is 2. The van der Waals surface area contributed by atoms with E-state index in [4.69, 9.17) is 4.74 Å². The van der Waals surface area contributed by atoms with E-state index in [1.807, 2.05) is 22.2 Å². The van der Waals surface area contributed by atoms with Crippen LogP contribution in [0, 0.1) is 0 Å². The van der Waals surface area contributed by atoms with Crippen LogP contribution in [0.4, 0.5) is 0 Å². The number of rotatable bonds is 5. The van der Waals surface area contributed by atoms with Gasteiger partial charge in [-0.2, -0.15) is 0 Å². The van der Waals surface area contributed by atoms with Crippen LogP contribution in [0.2, 0.25) is 0 Å². The number of thiazole rings is 1. The summed E-state index contributed by atoms with van der Waals surface area (Å²) in [5, 5.41) is 5.01. The fourth-order valence-electron chi connectivity index (χ4n) is 3.06. The van der Waals surface area contributed by atoms with Crippen molar-refractivity contribution in [2.24, 2.45) is 0 Å². The Hall–Kier alpha value is -1.44. The average Bonchev–Trinajstić information content (AvgIpc) is 3.04. The second-order valence-electron chi connectivity index (χ2n) is 6.37. The van der Waals surface area contributed by atoms with Crippen molar-refractivity contribution < 1.29 is 9.53 Å². The Labute approximate surface area is 140 Å². The molecule has 2 aromatic rings. The van der Waals surface area contributed by atoms with Gasteiger partial charge < -0.3 is 10.1 Å². The smallest absolute Gasteiger partial charge is 0.226 e. The van der Waals surface area contributed by atoms with Gasteiger partial charge in [0.1, 0.15) is 0 Å². The minimum absolute atomic E-state index is 0.0250. The Balaban J connectivity index is 1.47. The Kier molecular flexibility index (Phi) is 4.99. The van der Waals surface area contributed by atoms with Crippen LogP contribution in [0.15, 0.2) is 17.8 Å². The molecule has 6 nitrogen and oxygen atoms in total. The van der Waals surface area contributed by atoms with Crippen molar-refractivity contribution in [3.05, 3.63) is 23.5 Å². The monoisotopic (exact) mass is 336 g/mol. The standard InChI is InChI=1S/C16H24N4O2S/c1-11(20-8-12(2)22-13(3)9-20)7-17-15(21)6-14-10-19-4-5-23-16(19)18-14/h4-5,10-13H,6-9H2,1-3H3,(H,17,21)/t11-,12-,13-/m1/s1. The molecule has 23 heavy (non-hydrogen) atoms. The minimum atomic E-state index is 0.0250. The molecule has 0 bridgehead atoms. The van der Waals surface area contributed by atoms with E-state index >= 15 is 0 Å². The fourth-order valence-corrected chi connectivity index (χ4v) is 3.78. The van der Waals surface area contributed by atoms with Crippen molar-refractivity contribution in [1.29, 1.82) is 0 Å². The molecule has 2 aromatic heterocycles. The molecule has 1 fully saturated rings. The molecule has 1 N–H and O–H groups in total. The highest BCUT2D eigenvalue weighted by Gasteiger charge is 2.25. The summed E-state index contributed by atoms with van der Waals surface area (Å²) in [6, 6.07) is 0.304. The van der Waals surface area contributed by atoms with Crippen LogP contribution in [-0.2, 0) is 16.0 Å². The summed E-state index contributed by atoms with van der Waals surface area (Å²) in [6.07, 6.45) is 4.69. The van der Waals surface area contributed by atoms with E-state index < -0.39 is 0 Å². The van der Waals surface area contributed by atoms with Gasteiger partial charge in [-0.15, -0.1) is 11.3 Å². The lowest BCUT2D eigenvalue weighted by Gasteiger charge is -2.39. The number of imidazole rings is 1. The zero-order chi connectivity index (χ0) is 16.4. The number of hydrogen-bond donors (Lipinski definition) is 1. The molecule has 7 heteroatoms. The molecule has 3 heterocycles. The van der Waals surface area contributed by atoms with Crippen LogP contribution in [0.1, 0.15) is 26.5 Å². The Morgan fingerprint density at radius 3 is 2.91 bits per heavy atom. The third-order valence-corrected chi connectivity index (χ3v) is 4.92. The molecule has 0 saturated carbocycles. The number of hydrogen-bond acceptors (Lipinski definition) is 5. The minimum Gasteiger partial charge on any atom is -0.373 e. The van der Waals surface area contributed by atoms with Gasteiger partial charge in [-0.05, 0) is 20.8 Å². The summed E-state index contributed by atoms with van der Waals surface area (Å²) in [6.45, 7) is 8.83. The largest absolute Gasteiger partial charge is 0.373 e. The summed E-state index contributed by atoms with van der Waals surface area (Å²) in [7, 11) is 0. The quantitative estimate of drug-likeness (QED) is 0.900. The highest BCUT2D eigenvalue weighted by molar-refractivity contribution is 7.15. The lowest BCUT2D eigenvalue weighted by Crippen LogP contribution is -2.52. The Morgan fingerprint density at radius 2 is 2.22 bits per heavy atom. The molecular formula is C16H24N4O2S. The van der Waals surface area contributed by atoms with Crippen LogP contribution < -0.4 is 5.32 Å². The maximum Gasteiger partial charge on any atom is 0.226 e. The zero-order valence-corrected chi connectivity index (χ0v) is 14.7. The first-order valence-corrected chi connectivity index (χ1v) is 8.96. The predicted molar refractivity (Wildman–Crippen MR) is 90.8 cm³/mol. The second-order valence-corrected chi connectivity index (χ2v) is 7.24. The van der Waals surface area contributed by atoms with Gasteiger partial charge in [0.15, 0.2) is 4.96 Å². The van der Waals surface area contributed by atoms with Gasteiger partial charge in [0.25, 0.3) is 0 Å². The number of amides is 1. The van der Waals surface area contributed by atoms with Gasteiger partial charge in [0, 0.05) is 43.4 Å². The molecule has 1 aliphatic rings. The number of carbonyl (C=O) groups excluding carboxylic acids is 1. The summed E-state index contributed by atoms with van der Waals surface area (Å²) >= 11 is 1.57. The van der Waals surface area contributed by atoms with E-state index in [0.717, 1.165) is 23.7 Å². The summed E-state index contributed by atoms with van der Waals surface area (Å²) in [5.74, 6) is 0.0250. The van der Waals surface area contributed by atoms with Gasteiger partial charge in [0.2, 0.25) is 5.91 Å². The first-order valence-electron chi connectivity index (χ1n) is 8.08. The van der Waals surface area contributed by atoms with E-state index in [9.17, 15) is 4.79 Å². The Bertz CT molecular complexity index is 629. The van der Waals surface area contributed by atoms with E-state index in [1.165, 1.54) is 0 Å². The van der Waals surface area contributed by atoms with E-state index in [0.29, 0.717) is 19.0 Å². The molecule has 0 unspecified atom stereocenters. The van der Waals surface area contributed by atoms with Crippen molar-refractivity contribution in [2.75, 3.05) is 19.6 Å². The third-order valence-electron chi connectivity index (χ3n) is 4.15. The highest BCUT2D eigenvalue weighted by Crippen LogP contribution is 2.14. The number of fused-ring (bicyclic) bond motifs is 1. The second kappa shape index (κ2) is 6.98. The molecule has 1 saturated heterocycles. The normalized spacial score (nSPS) is 24.0. The Morgan fingerprint density at radius 1 is 1.48 bits per heavy atom. The van der Waals surface area contributed by atoms with E-state index in [-0.39, 0.29) is 18.1 Å². The van der Waals surface area contributed by atoms with Gasteiger partial charge in [0.05, 0.1) is 24.3 Å². The lowest BCUT2D eigenvalue weighted by molar-refractivity contribution is -0.121. The summed E-state index contributed by atoms with van der Waals surface area (Å²) < 4.78 is 7.70. The number of morpholine rings is 1. The van der Waals surface area contributed by atoms with Crippen molar-refractivity contribution in [3.8, 4) is 0 Å². The fraction of sp³-hybridized carbons (Fsp3) is 0.625. The van der Waals surface area contributed by atoms with Crippen molar-refractivity contribution >= 4 is 22.2 Å². The maximum atomic E-state index is 12.1. The van der Waals surface area contributed by atoms with Crippen molar-refractivity contribution in [3.63, 3.8) is 0 Å². The first-order chi connectivity index (χ1) is 11.0. The number of ether oxygens (including phenoxy) is 1. The molecule has 0 spiro atoms. The predicted octanol–water partition coefficient (Wildman–Crippen LogP) is 1.55. The van der Waals surface area contributed by atoms with Crippen molar-refractivity contribution in [1.82, 2.24) is 19.6 Å². The zero-order valence-electron chi connectivity index (χ0n) is 13.9. The van der Waals surface area contributed by atoms with Gasteiger partial charge in [-0.25, -0.2) is 4.98 Å². The van der Waals surface area contributed by atoms with E-state index in [1.54, 1.807) is 11.3 Å². The van der Waals surface area contributed by atoms with Crippen LogP contribution in [-0.4, -0.2) is 58.1 Å². The highest BCUT2D eigenvalue weighted by atomic mass is 32.1. The van der Waals surface area contributed by atoms with E-state index in [2.05, 4.69) is 36.0 Å². The molecule has 3 rings (SSSR count). The van der Waals surface area contributed by atoms with Crippen molar-refractivity contribution in [2.45, 2.75) is 45.4 Å².